The summed E-state index contributed by atoms with van der Waals surface area (Å²) in [6.07, 6.45) is 1.97. The minimum Gasteiger partial charge on any atom is -0.493 e. The fourth-order valence-electron chi connectivity index (χ4n) is 4.65. The molecule has 0 saturated carbocycles. The lowest BCUT2D eigenvalue weighted by Gasteiger charge is -2.42. The van der Waals surface area contributed by atoms with E-state index >= 15 is 0 Å². The number of nitrogens with zero attached hydrogens (tertiary/aromatic N) is 1. The Morgan fingerprint density at radius 1 is 1.03 bits per heavy atom. The van der Waals surface area contributed by atoms with Crippen LogP contribution < -0.4 is 8.92 Å². The van der Waals surface area contributed by atoms with Crippen LogP contribution in [0.2, 0.25) is 0 Å². The molecule has 0 N–H and O–H groups in total. The van der Waals surface area contributed by atoms with Gasteiger partial charge in [0, 0.05) is 24.7 Å². The Morgan fingerprint density at radius 3 is 2.67 bits per heavy atom. The van der Waals surface area contributed by atoms with Crippen molar-refractivity contribution in [3.63, 3.8) is 0 Å². The van der Waals surface area contributed by atoms with E-state index in [4.69, 9.17) is 8.92 Å². The number of ether oxygens (including phenoxy) is 1. The van der Waals surface area contributed by atoms with Crippen molar-refractivity contribution in [1.82, 2.24) is 4.90 Å². The van der Waals surface area contributed by atoms with Gasteiger partial charge >= 0.3 is 0 Å². The lowest BCUT2D eigenvalue weighted by atomic mass is 9.83. The minimum atomic E-state index is -1.59. The standard InChI is InChI=1S/C25H25NO3S/c1-17-8-10-21-19(14-17)12-13-26-16-22-18(15-23(21)26)9-11-24(28-2)25(22)29-30(27)20-6-4-3-5-7-20/h3-11,14,23H,12-13,15-16H2,1-2H3. The molecule has 4 nitrogen and oxygen atoms in total. The van der Waals surface area contributed by atoms with Gasteiger partial charge < -0.3 is 8.92 Å². The number of benzene rings is 3. The highest BCUT2D eigenvalue weighted by Crippen LogP contribution is 2.44. The van der Waals surface area contributed by atoms with E-state index in [1.54, 1.807) is 7.11 Å². The zero-order valence-corrected chi connectivity index (χ0v) is 18.1. The van der Waals surface area contributed by atoms with Crippen molar-refractivity contribution in [2.45, 2.75) is 37.2 Å². The normalized spacial score (nSPS) is 18.7. The third kappa shape index (κ3) is 3.42. The number of hydrogen-bond acceptors (Lipinski definition) is 4. The molecular formula is C25H25NO3S. The van der Waals surface area contributed by atoms with Crippen LogP contribution in [-0.2, 0) is 30.5 Å². The first-order valence-corrected chi connectivity index (χ1v) is 11.4. The highest BCUT2D eigenvalue weighted by Gasteiger charge is 2.34. The molecule has 0 bridgehead atoms. The van der Waals surface area contributed by atoms with Crippen LogP contribution in [0.25, 0.3) is 0 Å². The highest BCUT2D eigenvalue weighted by molar-refractivity contribution is 7.80. The van der Waals surface area contributed by atoms with Gasteiger partial charge in [0.05, 0.1) is 12.0 Å². The molecule has 154 valence electrons. The fourth-order valence-corrected chi connectivity index (χ4v) is 5.46. The van der Waals surface area contributed by atoms with E-state index in [1.807, 2.05) is 36.4 Å². The smallest absolute Gasteiger partial charge is 0.240 e. The van der Waals surface area contributed by atoms with Gasteiger partial charge in [-0.2, -0.15) is 0 Å². The van der Waals surface area contributed by atoms with Crippen LogP contribution in [0.4, 0.5) is 0 Å². The van der Waals surface area contributed by atoms with Crippen molar-refractivity contribution in [2.75, 3.05) is 13.7 Å². The molecule has 3 aromatic rings. The number of methoxy groups -OCH3 is 1. The monoisotopic (exact) mass is 419 g/mol. The van der Waals surface area contributed by atoms with Gasteiger partial charge in [0.25, 0.3) is 0 Å². The van der Waals surface area contributed by atoms with Gasteiger partial charge in [-0.1, -0.05) is 48.0 Å². The summed E-state index contributed by atoms with van der Waals surface area (Å²) >= 11 is -1.59. The minimum absolute atomic E-state index is 0.378. The zero-order valence-electron chi connectivity index (χ0n) is 17.3. The maximum absolute atomic E-state index is 12.9. The molecule has 5 rings (SSSR count). The average Bonchev–Trinajstić information content (AvgIpc) is 2.78. The number of aryl methyl sites for hydroxylation is 1. The molecule has 2 unspecified atom stereocenters. The van der Waals surface area contributed by atoms with E-state index in [9.17, 15) is 4.21 Å². The predicted octanol–water partition coefficient (Wildman–Crippen LogP) is 4.76. The second-order valence-electron chi connectivity index (χ2n) is 8.01. The van der Waals surface area contributed by atoms with Crippen LogP contribution in [0.5, 0.6) is 11.5 Å². The Hall–Kier alpha value is -2.63. The fraction of sp³-hybridized carbons (Fsp3) is 0.280. The van der Waals surface area contributed by atoms with E-state index < -0.39 is 11.1 Å². The molecule has 0 aromatic heterocycles. The summed E-state index contributed by atoms with van der Waals surface area (Å²) in [4.78, 5) is 3.16. The third-order valence-corrected chi connectivity index (χ3v) is 7.15. The quantitative estimate of drug-likeness (QED) is 0.611. The molecule has 5 heteroatoms. The van der Waals surface area contributed by atoms with Gasteiger partial charge in [0.2, 0.25) is 11.1 Å². The molecule has 2 aliphatic heterocycles. The van der Waals surface area contributed by atoms with Gasteiger partial charge in [-0.15, -0.1) is 0 Å². The zero-order chi connectivity index (χ0) is 20.7. The summed E-state index contributed by atoms with van der Waals surface area (Å²) in [7, 11) is 1.63. The lowest BCUT2D eigenvalue weighted by molar-refractivity contribution is 0.159. The summed E-state index contributed by atoms with van der Waals surface area (Å²) in [5.74, 6) is 1.23. The molecule has 0 spiro atoms. The maximum Gasteiger partial charge on any atom is 0.240 e. The first-order valence-electron chi connectivity index (χ1n) is 10.3. The molecule has 2 aliphatic rings. The first-order chi connectivity index (χ1) is 14.6. The van der Waals surface area contributed by atoms with E-state index in [0.29, 0.717) is 22.4 Å². The maximum atomic E-state index is 12.9. The van der Waals surface area contributed by atoms with Crippen molar-refractivity contribution in [2.24, 2.45) is 0 Å². The molecule has 0 fully saturated rings. The van der Waals surface area contributed by atoms with Gasteiger partial charge in [-0.05, 0) is 54.7 Å². The van der Waals surface area contributed by atoms with Crippen LogP contribution >= 0.6 is 0 Å². The molecule has 3 aromatic carbocycles. The molecule has 0 saturated heterocycles. The van der Waals surface area contributed by atoms with E-state index in [1.165, 1.54) is 22.3 Å². The second kappa shape index (κ2) is 7.89. The van der Waals surface area contributed by atoms with Crippen LogP contribution in [0.15, 0.2) is 65.6 Å². The van der Waals surface area contributed by atoms with Crippen LogP contribution in [0, 0.1) is 6.92 Å². The van der Waals surface area contributed by atoms with Crippen molar-refractivity contribution in [3.05, 3.63) is 88.5 Å². The Kier molecular flexibility index (Phi) is 5.09. The Bertz CT molecular complexity index is 1110. The van der Waals surface area contributed by atoms with Crippen molar-refractivity contribution in [1.29, 1.82) is 0 Å². The molecular weight excluding hydrogens is 394 g/mol. The Labute approximate surface area is 180 Å². The molecule has 2 heterocycles. The lowest BCUT2D eigenvalue weighted by Crippen LogP contribution is -2.39. The number of rotatable bonds is 4. The third-order valence-electron chi connectivity index (χ3n) is 6.18. The molecule has 0 amide bonds. The SMILES string of the molecule is COc1ccc2c(c1OS(=O)c1ccccc1)CN1CCc3cc(C)ccc3C1C2. The van der Waals surface area contributed by atoms with Gasteiger partial charge in [-0.3, -0.25) is 4.90 Å². The van der Waals surface area contributed by atoms with Crippen molar-refractivity contribution in [3.8, 4) is 11.5 Å². The number of hydrogen-bond donors (Lipinski definition) is 0. The van der Waals surface area contributed by atoms with Gasteiger partial charge in [0.15, 0.2) is 11.5 Å². The van der Waals surface area contributed by atoms with Crippen molar-refractivity contribution >= 4 is 11.1 Å². The molecule has 0 radical (unpaired) electrons. The van der Waals surface area contributed by atoms with E-state index in [2.05, 4.69) is 36.1 Å². The Morgan fingerprint density at radius 2 is 1.87 bits per heavy atom. The molecule has 0 aliphatic carbocycles. The average molecular weight is 420 g/mol. The largest absolute Gasteiger partial charge is 0.493 e. The summed E-state index contributed by atoms with van der Waals surface area (Å²) in [5, 5.41) is 0. The number of fused-ring (bicyclic) bond motifs is 4. The second-order valence-corrected chi connectivity index (χ2v) is 9.12. The van der Waals surface area contributed by atoms with E-state index in [-0.39, 0.29) is 0 Å². The summed E-state index contributed by atoms with van der Waals surface area (Å²) in [6.45, 7) is 3.94. The summed E-state index contributed by atoms with van der Waals surface area (Å²) in [5.41, 5.74) is 6.55. The van der Waals surface area contributed by atoms with Gasteiger partial charge in [-0.25, -0.2) is 4.21 Å². The van der Waals surface area contributed by atoms with Crippen LogP contribution in [0.1, 0.15) is 33.9 Å². The Balaban J connectivity index is 1.51. The summed E-state index contributed by atoms with van der Waals surface area (Å²) in [6, 6.07) is 20.5. The van der Waals surface area contributed by atoms with Crippen molar-refractivity contribution < 1.29 is 13.1 Å². The molecule has 2 atom stereocenters. The molecule has 30 heavy (non-hydrogen) atoms. The predicted molar refractivity (Wildman–Crippen MR) is 118 cm³/mol. The van der Waals surface area contributed by atoms with Crippen LogP contribution in [0.3, 0.4) is 0 Å². The topological polar surface area (TPSA) is 38.8 Å². The van der Waals surface area contributed by atoms with Crippen LogP contribution in [-0.4, -0.2) is 22.8 Å². The summed E-state index contributed by atoms with van der Waals surface area (Å²) < 4.78 is 24.4. The van der Waals surface area contributed by atoms with E-state index in [0.717, 1.165) is 31.5 Å². The van der Waals surface area contributed by atoms with Gasteiger partial charge in [0.1, 0.15) is 0 Å². The first kappa shape index (κ1) is 19.3. The highest BCUT2D eigenvalue weighted by atomic mass is 32.2.